The fourth-order valence-corrected chi connectivity index (χ4v) is 2.09. The van der Waals surface area contributed by atoms with E-state index in [4.69, 9.17) is 0 Å². The summed E-state index contributed by atoms with van der Waals surface area (Å²) in [6, 6.07) is 0.526. The summed E-state index contributed by atoms with van der Waals surface area (Å²) >= 11 is 0. The number of hydrogen-bond acceptors (Lipinski definition) is 4. The van der Waals surface area contributed by atoms with Gasteiger partial charge in [-0.15, -0.1) is 0 Å². The number of hydrogen-bond donors (Lipinski definition) is 2. The van der Waals surface area contributed by atoms with E-state index in [0.717, 1.165) is 25.9 Å². The quantitative estimate of drug-likeness (QED) is 0.821. The highest BCUT2D eigenvalue weighted by atomic mass is 16.1. The lowest BCUT2D eigenvalue weighted by Crippen LogP contribution is -2.37. The molecule has 0 atom stereocenters. The number of piperidine rings is 1. The Balaban J connectivity index is 2.15. The molecule has 0 radical (unpaired) electrons. The van der Waals surface area contributed by atoms with E-state index in [-0.39, 0.29) is 11.6 Å². The summed E-state index contributed by atoms with van der Waals surface area (Å²) in [7, 11) is 0. The maximum Gasteiger partial charge on any atom is 0.293 e. The standard InChI is InChI=1S/C12H20N4O/c1-9(2)16-8-7-14-11(12(16)17)15-10-3-5-13-6-4-10/h7-10,13H,3-6H2,1-2H3,(H,14,15). The number of rotatable bonds is 3. The first-order valence-electron chi connectivity index (χ1n) is 6.23. The molecule has 0 bridgehead atoms. The summed E-state index contributed by atoms with van der Waals surface area (Å²) in [4.78, 5) is 16.3. The molecule has 1 aliphatic heterocycles. The van der Waals surface area contributed by atoms with E-state index < -0.39 is 0 Å². The van der Waals surface area contributed by atoms with Gasteiger partial charge in [0.15, 0.2) is 5.82 Å². The summed E-state index contributed by atoms with van der Waals surface area (Å²) in [5.74, 6) is 0.480. The van der Waals surface area contributed by atoms with Crippen LogP contribution in [-0.2, 0) is 0 Å². The molecule has 0 saturated carbocycles. The molecule has 0 unspecified atom stereocenters. The summed E-state index contributed by atoms with van der Waals surface area (Å²) in [6.07, 6.45) is 5.50. The molecule has 1 aromatic heterocycles. The largest absolute Gasteiger partial charge is 0.363 e. The van der Waals surface area contributed by atoms with E-state index in [2.05, 4.69) is 15.6 Å². The van der Waals surface area contributed by atoms with Gasteiger partial charge in [0.25, 0.3) is 5.56 Å². The predicted octanol–water partition coefficient (Wildman–Crippen LogP) is 0.988. The van der Waals surface area contributed by atoms with Crippen LogP contribution in [0, 0.1) is 0 Å². The third kappa shape index (κ3) is 2.85. The van der Waals surface area contributed by atoms with E-state index in [0.29, 0.717) is 11.9 Å². The van der Waals surface area contributed by atoms with E-state index in [9.17, 15) is 4.79 Å². The Hall–Kier alpha value is -1.36. The minimum atomic E-state index is -0.0268. The molecule has 0 amide bonds. The molecule has 5 heteroatoms. The van der Waals surface area contributed by atoms with Crippen LogP contribution >= 0.6 is 0 Å². The zero-order valence-corrected chi connectivity index (χ0v) is 10.4. The lowest BCUT2D eigenvalue weighted by atomic mass is 10.1. The highest BCUT2D eigenvalue weighted by molar-refractivity contribution is 5.32. The van der Waals surface area contributed by atoms with Crippen molar-refractivity contribution in [2.24, 2.45) is 0 Å². The van der Waals surface area contributed by atoms with Gasteiger partial charge in [-0.3, -0.25) is 4.79 Å². The molecule has 1 aliphatic rings. The van der Waals surface area contributed by atoms with Crippen LogP contribution in [0.3, 0.4) is 0 Å². The fraction of sp³-hybridized carbons (Fsp3) is 0.667. The van der Waals surface area contributed by atoms with Gasteiger partial charge in [0.1, 0.15) is 0 Å². The van der Waals surface area contributed by atoms with Crippen molar-refractivity contribution in [2.75, 3.05) is 18.4 Å². The molecule has 0 aliphatic carbocycles. The molecule has 2 N–H and O–H groups in total. The average Bonchev–Trinajstić information content (AvgIpc) is 2.33. The van der Waals surface area contributed by atoms with Gasteiger partial charge in [0.2, 0.25) is 0 Å². The van der Waals surface area contributed by atoms with Gasteiger partial charge in [-0.2, -0.15) is 0 Å². The van der Waals surface area contributed by atoms with Gasteiger partial charge in [0.05, 0.1) is 0 Å². The van der Waals surface area contributed by atoms with Crippen LogP contribution in [0.1, 0.15) is 32.7 Å². The van der Waals surface area contributed by atoms with Crippen LogP contribution in [0.15, 0.2) is 17.2 Å². The SMILES string of the molecule is CC(C)n1ccnc(NC2CCNCC2)c1=O. The number of nitrogens with zero attached hydrogens (tertiary/aromatic N) is 2. The average molecular weight is 236 g/mol. The van der Waals surface area contributed by atoms with Crippen molar-refractivity contribution in [1.29, 1.82) is 0 Å². The second kappa shape index (κ2) is 5.31. The molecule has 2 rings (SSSR count). The summed E-state index contributed by atoms with van der Waals surface area (Å²) < 4.78 is 1.70. The van der Waals surface area contributed by atoms with Crippen molar-refractivity contribution < 1.29 is 0 Å². The monoisotopic (exact) mass is 236 g/mol. The lowest BCUT2D eigenvalue weighted by Gasteiger charge is -2.24. The molecule has 0 spiro atoms. The molecule has 17 heavy (non-hydrogen) atoms. The zero-order valence-electron chi connectivity index (χ0n) is 10.4. The van der Waals surface area contributed by atoms with Crippen LogP contribution in [0.5, 0.6) is 0 Å². The Morgan fingerprint density at radius 1 is 1.47 bits per heavy atom. The van der Waals surface area contributed by atoms with E-state index in [1.807, 2.05) is 13.8 Å². The Bertz CT molecular complexity index is 421. The second-order valence-electron chi connectivity index (χ2n) is 4.75. The third-order valence-corrected chi connectivity index (χ3v) is 3.10. The molecular weight excluding hydrogens is 216 g/mol. The van der Waals surface area contributed by atoms with Crippen molar-refractivity contribution in [1.82, 2.24) is 14.9 Å². The van der Waals surface area contributed by atoms with Crippen molar-refractivity contribution in [2.45, 2.75) is 38.8 Å². The minimum absolute atomic E-state index is 0.0268. The van der Waals surface area contributed by atoms with Gasteiger partial charge in [0, 0.05) is 24.5 Å². The van der Waals surface area contributed by atoms with Crippen LogP contribution < -0.4 is 16.2 Å². The Labute approximate surface area is 101 Å². The van der Waals surface area contributed by atoms with Crippen LogP contribution in [0.2, 0.25) is 0 Å². The van der Waals surface area contributed by atoms with Crippen molar-refractivity contribution in [3.8, 4) is 0 Å². The Morgan fingerprint density at radius 3 is 2.82 bits per heavy atom. The number of anilines is 1. The smallest absolute Gasteiger partial charge is 0.293 e. The van der Waals surface area contributed by atoms with E-state index >= 15 is 0 Å². The second-order valence-corrected chi connectivity index (χ2v) is 4.75. The molecule has 2 heterocycles. The highest BCUT2D eigenvalue weighted by Crippen LogP contribution is 2.08. The van der Waals surface area contributed by atoms with E-state index in [1.165, 1.54) is 0 Å². The van der Waals surface area contributed by atoms with Crippen LogP contribution in [-0.4, -0.2) is 28.7 Å². The van der Waals surface area contributed by atoms with Gasteiger partial charge < -0.3 is 15.2 Å². The number of aromatic nitrogens is 2. The minimum Gasteiger partial charge on any atom is -0.363 e. The fourth-order valence-electron chi connectivity index (χ4n) is 2.09. The van der Waals surface area contributed by atoms with Gasteiger partial charge in [-0.05, 0) is 39.8 Å². The molecule has 94 valence electrons. The predicted molar refractivity (Wildman–Crippen MR) is 68.4 cm³/mol. The molecule has 5 nitrogen and oxygen atoms in total. The van der Waals surface area contributed by atoms with Crippen molar-refractivity contribution >= 4 is 5.82 Å². The first kappa shape index (κ1) is 12.1. The van der Waals surface area contributed by atoms with Gasteiger partial charge >= 0.3 is 0 Å². The molecule has 1 aromatic rings. The first-order chi connectivity index (χ1) is 8.18. The summed E-state index contributed by atoms with van der Waals surface area (Å²) in [6.45, 7) is 6.00. The third-order valence-electron chi connectivity index (χ3n) is 3.10. The number of nitrogens with one attached hydrogen (secondary N) is 2. The lowest BCUT2D eigenvalue weighted by molar-refractivity contribution is 0.476. The summed E-state index contributed by atoms with van der Waals surface area (Å²) in [5.41, 5.74) is -0.0268. The maximum absolute atomic E-state index is 12.1. The van der Waals surface area contributed by atoms with Crippen molar-refractivity contribution in [3.05, 3.63) is 22.7 Å². The molecule has 1 fully saturated rings. The van der Waals surface area contributed by atoms with Gasteiger partial charge in [-0.25, -0.2) is 4.98 Å². The molecule has 0 aromatic carbocycles. The molecule has 1 saturated heterocycles. The summed E-state index contributed by atoms with van der Waals surface area (Å²) in [5, 5.41) is 6.56. The van der Waals surface area contributed by atoms with E-state index in [1.54, 1.807) is 17.0 Å². The Kier molecular flexibility index (Phi) is 3.78. The maximum atomic E-state index is 12.1. The normalized spacial score (nSPS) is 17.4. The van der Waals surface area contributed by atoms with Crippen LogP contribution in [0.25, 0.3) is 0 Å². The first-order valence-corrected chi connectivity index (χ1v) is 6.23. The highest BCUT2D eigenvalue weighted by Gasteiger charge is 2.15. The molecular formula is C12H20N4O. The Morgan fingerprint density at radius 2 is 2.18 bits per heavy atom. The van der Waals surface area contributed by atoms with Crippen molar-refractivity contribution in [3.63, 3.8) is 0 Å². The van der Waals surface area contributed by atoms with Crippen LogP contribution in [0.4, 0.5) is 5.82 Å². The zero-order chi connectivity index (χ0) is 12.3. The van der Waals surface area contributed by atoms with Gasteiger partial charge in [-0.1, -0.05) is 0 Å². The topological polar surface area (TPSA) is 59.0 Å².